The zero-order valence-corrected chi connectivity index (χ0v) is 10.1. The second-order valence-electron chi connectivity index (χ2n) is 3.81. The van der Waals surface area contributed by atoms with Gasteiger partial charge in [0.2, 0.25) is 0 Å². The zero-order chi connectivity index (χ0) is 12.6. The van der Waals surface area contributed by atoms with E-state index in [-0.39, 0.29) is 23.8 Å². The molecule has 1 aliphatic heterocycles. The van der Waals surface area contributed by atoms with Crippen molar-refractivity contribution in [3.05, 3.63) is 29.3 Å². The summed E-state index contributed by atoms with van der Waals surface area (Å²) in [4.78, 5) is 25.0. The number of carbonyl (C=O) groups is 2. The van der Waals surface area contributed by atoms with Crippen LogP contribution in [0.5, 0.6) is 0 Å². The Bertz CT molecular complexity index is 527. The summed E-state index contributed by atoms with van der Waals surface area (Å²) in [6, 6.07) is 4.81. The van der Waals surface area contributed by atoms with Crippen LogP contribution in [-0.4, -0.2) is 39.5 Å². The third kappa shape index (κ3) is 1.95. The van der Waals surface area contributed by atoms with Crippen LogP contribution in [0.15, 0.2) is 18.2 Å². The molecule has 0 spiro atoms. The van der Waals surface area contributed by atoms with Crippen LogP contribution in [0.25, 0.3) is 0 Å². The quantitative estimate of drug-likeness (QED) is 0.617. The van der Waals surface area contributed by atoms with Gasteiger partial charge in [-0.1, -0.05) is 6.07 Å². The topological polar surface area (TPSA) is 80.5 Å². The predicted molar refractivity (Wildman–Crippen MR) is 65.2 cm³/mol. The average Bonchev–Trinajstić information content (AvgIpc) is 2.50. The number of nitrogen functional groups attached to an aromatic ring is 1. The number of amides is 2. The Morgan fingerprint density at radius 1 is 1.29 bits per heavy atom. The summed E-state index contributed by atoms with van der Waals surface area (Å²) in [7, 11) is -1.04. The Morgan fingerprint density at radius 2 is 2.00 bits per heavy atom. The molecule has 90 valence electrons. The van der Waals surface area contributed by atoms with Crippen molar-refractivity contribution in [3.63, 3.8) is 0 Å². The molecule has 1 unspecified atom stereocenters. The molecular formula is C11H12N2O3S. The van der Waals surface area contributed by atoms with Crippen molar-refractivity contribution in [2.45, 2.75) is 0 Å². The second-order valence-corrected chi connectivity index (χ2v) is 5.36. The Kier molecular flexibility index (Phi) is 2.97. The van der Waals surface area contributed by atoms with Crippen molar-refractivity contribution in [3.8, 4) is 0 Å². The fraction of sp³-hybridized carbons (Fsp3) is 0.273. The molecule has 0 radical (unpaired) electrons. The number of imide groups is 1. The monoisotopic (exact) mass is 252 g/mol. The van der Waals surface area contributed by atoms with Crippen LogP contribution in [0.3, 0.4) is 0 Å². The maximum absolute atomic E-state index is 12.0. The van der Waals surface area contributed by atoms with Crippen LogP contribution in [-0.2, 0) is 10.8 Å². The fourth-order valence-electron chi connectivity index (χ4n) is 1.78. The van der Waals surface area contributed by atoms with Crippen molar-refractivity contribution < 1.29 is 13.8 Å². The summed E-state index contributed by atoms with van der Waals surface area (Å²) in [6.07, 6.45) is 1.53. The van der Waals surface area contributed by atoms with Gasteiger partial charge >= 0.3 is 0 Å². The minimum atomic E-state index is -1.04. The lowest BCUT2D eigenvalue weighted by atomic mass is 10.1. The predicted octanol–water partition coefficient (Wildman–Crippen LogP) is 0.243. The number of carbonyl (C=O) groups excluding carboxylic acids is 2. The van der Waals surface area contributed by atoms with E-state index >= 15 is 0 Å². The highest BCUT2D eigenvalue weighted by Crippen LogP contribution is 2.27. The molecule has 1 aliphatic rings. The third-order valence-corrected chi connectivity index (χ3v) is 3.39. The van der Waals surface area contributed by atoms with Gasteiger partial charge in [-0.25, -0.2) is 0 Å². The number of hydrogen-bond donors (Lipinski definition) is 1. The first-order valence-electron chi connectivity index (χ1n) is 5.07. The van der Waals surface area contributed by atoms with Crippen LogP contribution in [0.2, 0.25) is 0 Å². The van der Waals surface area contributed by atoms with Crippen LogP contribution in [0.4, 0.5) is 5.69 Å². The molecule has 1 aromatic rings. The molecule has 17 heavy (non-hydrogen) atoms. The molecule has 2 rings (SSSR count). The van der Waals surface area contributed by atoms with Gasteiger partial charge in [-0.05, 0) is 12.1 Å². The summed E-state index contributed by atoms with van der Waals surface area (Å²) in [6.45, 7) is 0.162. The Labute approximate surface area is 101 Å². The van der Waals surface area contributed by atoms with Gasteiger partial charge in [0.15, 0.2) is 0 Å². The molecule has 5 nitrogen and oxygen atoms in total. The van der Waals surface area contributed by atoms with Crippen LogP contribution in [0.1, 0.15) is 20.7 Å². The lowest BCUT2D eigenvalue weighted by Gasteiger charge is -2.12. The van der Waals surface area contributed by atoms with E-state index in [2.05, 4.69) is 0 Å². The molecule has 1 atom stereocenters. The van der Waals surface area contributed by atoms with Gasteiger partial charge in [-0.15, -0.1) is 0 Å². The van der Waals surface area contributed by atoms with Crippen molar-refractivity contribution in [1.82, 2.24) is 4.90 Å². The van der Waals surface area contributed by atoms with E-state index in [4.69, 9.17) is 5.73 Å². The largest absolute Gasteiger partial charge is 0.398 e. The standard InChI is InChI=1S/C11H12N2O3S/c1-17(16)6-5-13-10(14)7-3-2-4-8(12)9(7)11(13)15/h2-4H,5-6,12H2,1H3. The van der Waals surface area contributed by atoms with E-state index in [1.807, 2.05) is 0 Å². The molecule has 6 heteroatoms. The first-order valence-corrected chi connectivity index (χ1v) is 6.80. The van der Waals surface area contributed by atoms with Crippen molar-refractivity contribution in [2.24, 2.45) is 0 Å². The molecule has 2 N–H and O–H groups in total. The van der Waals surface area contributed by atoms with Gasteiger partial charge in [0.25, 0.3) is 11.8 Å². The number of rotatable bonds is 3. The molecule has 1 aromatic carbocycles. The molecular weight excluding hydrogens is 240 g/mol. The van der Waals surface area contributed by atoms with Gasteiger partial charge < -0.3 is 5.73 Å². The van der Waals surface area contributed by atoms with Gasteiger partial charge in [-0.3, -0.25) is 18.7 Å². The molecule has 0 bridgehead atoms. The molecule has 0 aromatic heterocycles. The Balaban J connectivity index is 2.33. The highest BCUT2D eigenvalue weighted by atomic mass is 32.2. The maximum atomic E-state index is 12.0. The first kappa shape index (κ1) is 11.8. The van der Waals surface area contributed by atoms with E-state index in [0.29, 0.717) is 11.3 Å². The molecule has 0 saturated heterocycles. The van der Waals surface area contributed by atoms with Crippen LogP contribution < -0.4 is 5.73 Å². The van der Waals surface area contributed by atoms with E-state index in [9.17, 15) is 13.8 Å². The third-order valence-electron chi connectivity index (χ3n) is 2.63. The number of fused-ring (bicyclic) bond motifs is 1. The average molecular weight is 252 g/mol. The number of benzene rings is 1. The molecule has 0 aliphatic carbocycles. The molecule has 1 heterocycles. The summed E-state index contributed by atoms with van der Waals surface area (Å²) in [5, 5.41) is 0. The number of nitrogens with two attached hydrogens (primary N) is 1. The first-order chi connectivity index (χ1) is 8.02. The zero-order valence-electron chi connectivity index (χ0n) is 9.30. The molecule has 0 saturated carbocycles. The highest BCUT2D eigenvalue weighted by molar-refractivity contribution is 7.84. The van der Waals surface area contributed by atoms with E-state index in [1.54, 1.807) is 18.2 Å². The highest BCUT2D eigenvalue weighted by Gasteiger charge is 2.36. The van der Waals surface area contributed by atoms with Crippen LogP contribution in [0, 0.1) is 0 Å². The van der Waals surface area contributed by atoms with Gasteiger partial charge in [0.1, 0.15) is 0 Å². The molecule has 2 amide bonds. The number of nitrogens with zero attached hydrogens (tertiary/aromatic N) is 1. The van der Waals surface area contributed by atoms with Crippen molar-refractivity contribution in [1.29, 1.82) is 0 Å². The van der Waals surface area contributed by atoms with Crippen molar-refractivity contribution in [2.75, 3.05) is 24.3 Å². The van der Waals surface area contributed by atoms with Gasteiger partial charge in [0.05, 0.1) is 11.1 Å². The smallest absolute Gasteiger partial charge is 0.263 e. The summed E-state index contributed by atoms with van der Waals surface area (Å²) < 4.78 is 11.0. The second kappa shape index (κ2) is 4.29. The summed E-state index contributed by atoms with van der Waals surface area (Å²) >= 11 is 0. The normalized spacial score (nSPS) is 16.2. The van der Waals surface area contributed by atoms with E-state index < -0.39 is 16.7 Å². The fourth-order valence-corrected chi connectivity index (χ4v) is 2.22. The summed E-state index contributed by atoms with van der Waals surface area (Å²) in [5.74, 6) is -0.470. The SMILES string of the molecule is CS(=O)CCN1C(=O)c2cccc(N)c2C1=O. The maximum Gasteiger partial charge on any atom is 0.263 e. The van der Waals surface area contributed by atoms with E-state index in [1.165, 1.54) is 6.26 Å². The summed E-state index contributed by atoms with van der Waals surface area (Å²) in [5.41, 5.74) is 6.58. The van der Waals surface area contributed by atoms with Gasteiger partial charge in [-0.2, -0.15) is 0 Å². The Morgan fingerprint density at radius 3 is 2.59 bits per heavy atom. The van der Waals surface area contributed by atoms with Gasteiger partial charge in [0, 0.05) is 35.0 Å². The minimum Gasteiger partial charge on any atom is -0.398 e. The van der Waals surface area contributed by atoms with E-state index in [0.717, 1.165) is 4.90 Å². The number of hydrogen-bond acceptors (Lipinski definition) is 4. The van der Waals surface area contributed by atoms with Crippen LogP contribution >= 0.6 is 0 Å². The lowest BCUT2D eigenvalue weighted by Crippen LogP contribution is -2.33. The number of anilines is 1. The lowest BCUT2D eigenvalue weighted by molar-refractivity contribution is 0.0664. The van der Waals surface area contributed by atoms with Crippen molar-refractivity contribution >= 4 is 28.3 Å². The molecule has 0 fully saturated rings. The minimum absolute atomic E-state index is 0.162. The Hall–Kier alpha value is -1.69.